The first-order chi connectivity index (χ1) is 8.79. The third-order valence-corrected chi connectivity index (χ3v) is 5.48. The van der Waals surface area contributed by atoms with Crippen molar-refractivity contribution < 1.29 is 0 Å². The van der Waals surface area contributed by atoms with Crippen LogP contribution >= 0.6 is 0 Å². The average molecular weight is 268 g/mol. The molecule has 1 aliphatic rings. The molecule has 0 aromatic heterocycles. The van der Waals surface area contributed by atoms with Crippen LogP contribution in [0.15, 0.2) is 0 Å². The number of hydrogen-bond acceptors (Lipinski definition) is 2. The predicted octanol–water partition coefficient (Wildman–Crippen LogP) is 3.77. The molecule has 2 heteroatoms. The minimum Gasteiger partial charge on any atom is -0.317 e. The van der Waals surface area contributed by atoms with Gasteiger partial charge in [0.1, 0.15) is 0 Å². The summed E-state index contributed by atoms with van der Waals surface area (Å²) in [6.45, 7) is 13.0. The Kier molecular flexibility index (Phi) is 6.32. The van der Waals surface area contributed by atoms with Crippen molar-refractivity contribution in [2.75, 3.05) is 20.6 Å². The van der Waals surface area contributed by atoms with E-state index in [1.165, 1.54) is 32.2 Å². The van der Waals surface area contributed by atoms with Crippen molar-refractivity contribution in [1.82, 2.24) is 10.2 Å². The lowest BCUT2D eigenvalue weighted by Crippen LogP contribution is -2.48. The van der Waals surface area contributed by atoms with Crippen molar-refractivity contribution in [3.63, 3.8) is 0 Å². The van der Waals surface area contributed by atoms with E-state index in [0.29, 0.717) is 11.5 Å². The SMILES string of the molecule is CCC1CCC(NC)C(CN(C)C(C)C(C)(C)C)C1. The Labute approximate surface area is 121 Å². The first-order valence-electron chi connectivity index (χ1n) is 8.17. The summed E-state index contributed by atoms with van der Waals surface area (Å²) in [4.78, 5) is 2.58. The van der Waals surface area contributed by atoms with E-state index in [2.05, 4.69) is 58.9 Å². The van der Waals surface area contributed by atoms with E-state index in [4.69, 9.17) is 0 Å². The van der Waals surface area contributed by atoms with Gasteiger partial charge in [-0.15, -0.1) is 0 Å². The molecule has 1 rings (SSSR count). The molecule has 1 fully saturated rings. The maximum absolute atomic E-state index is 3.56. The predicted molar refractivity (Wildman–Crippen MR) is 85.5 cm³/mol. The summed E-state index contributed by atoms with van der Waals surface area (Å²) in [6, 6.07) is 1.35. The second kappa shape index (κ2) is 7.08. The van der Waals surface area contributed by atoms with Crippen LogP contribution in [0.5, 0.6) is 0 Å². The van der Waals surface area contributed by atoms with Crippen molar-refractivity contribution in [2.24, 2.45) is 17.3 Å². The maximum Gasteiger partial charge on any atom is 0.0112 e. The van der Waals surface area contributed by atoms with Crippen molar-refractivity contribution in [2.45, 2.75) is 72.4 Å². The molecule has 4 unspecified atom stereocenters. The molecule has 19 heavy (non-hydrogen) atoms. The lowest BCUT2D eigenvalue weighted by molar-refractivity contribution is 0.0900. The van der Waals surface area contributed by atoms with Crippen molar-refractivity contribution in [1.29, 1.82) is 0 Å². The van der Waals surface area contributed by atoms with Crippen LogP contribution in [0.25, 0.3) is 0 Å². The monoisotopic (exact) mass is 268 g/mol. The second-order valence-electron chi connectivity index (χ2n) is 7.72. The van der Waals surface area contributed by atoms with E-state index in [1.54, 1.807) is 0 Å². The third-order valence-electron chi connectivity index (χ3n) is 5.48. The van der Waals surface area contributed by atoms with Gasteiger partial charge in [0, 0.05) is 18.6 Å². The molecule has 0 aromatic carbocycles. The van der Waals surface area contributed by atoms with E-state index < -0.39 is 0 Å². The van der Waals surface area contributed by atoms with Crippen LogP contribution in [0.3, 0.4) is 0 Å². The Morgan fingerprint density at radius 3 is 2.37 bits per heavy atom. The third kappa shape index (κ3) is 4.75. The highest BCUT2D eigenvalue weighted by molar-refractivity contribution is 4.87. The quantitative estimate of drug-likeness (QED) is 0.816. The summed E-state index contributed by atoms with van der Waals surface area (Å²) in [7, 11) is 4.44. The number of nitrogens with one attached hydrogen (secondary N) is 1. The van der Waals surface area contributed by atoms with Gasteiger partial charge in [-0.3, -0.25) is 0 Å². The van der Waals surface area contributed by atoms with Gasteiger partial charge in [-0.25, -0.2) is 0 Å². The molecular formula is C17H36N2. The first-order valence-corrected chi connectivity index (χ1v) is 8.17. The van der Waals surface area contributed by atoms with E-state index >= 15 is 0 Å². The van der Waals surface area contributed by atoms with Gasteiger partial charge in [0.2, 0.25) is 0 Å². The summed E-state index contributed by atoms with van der Waals surface area (Å²) < 4.78 is 0. The Bertz CT molecular complexity index is 256. The molecule has 0 heterocycles. The topological polar surface area (TPSA) is 15.3 Å². The van der Waals surface area contributed by atoms with Crippen LogP contribution in [0, 0.1) is 17.3 Å². The molecule has 1 aliphatic carbocycles. The van der Waals surface area contributed by atoms with E-state index in [1.807, 2.05) is 0 Å². The molecule has 0 amide bonds. The van der Waals surface area contributed by atoms with Crippen LogP contribution in [0.2, 0.25) is 0 Å². The zero-order valence-electron chi connectivity index (χ0n) is 14.3. The number of hydrogen-bond donors (Lipinski definition) is 1. The summed E-state index contributed by atoms with van der Waals surface area (Å²) in [5, 5.41) is 3.56. The second-order valence-corrected chi connectivity index (χ2v) is 7.72. The van der Waals surface area contributed by atoms with Gasteiger partial charge in [0.05, 0.1) is 0 Å². The van der Waals surface area contributed by atoms with Crippen LogP contribution in [-0.2, 0) is 0 Å². The lowest BCUT2D eigenvalue weighted by atomic mass is 9.76. The van der Waals surface area contributed by atoms with Crippen LogP contribution in [0.4, 0.5) is 0 Å². The highest BCUT2D eigenvalue weighted by Crippen LogP contribution is 2.33. The molecule has 1 N–H and O–H groups in total. The fourth-order valence-electron chi connectivity index (χ4n) is 3.50. The smallest absolute Gasteiger partial charge is 0.0112 e. The molecule has 0 aliphatic heterocycles. The Balaban J connectivity index is 2.61. The Morgan fingerprint density at radius 2 is 1.89 bits per heavy atom. The molecule has 0 saturated heterocycles. The van der Waals surface area contributed by atoms with Gasteiger partial charge in [-0.2, -0.15) is 0 Å². The molecule has 2 nitrogen and oxygen atoms in total. The van der Waals surface area contributed by atoms with Gasteiger partial charge in [-0.1, -0.05) is 34.1 Å². The van der Waals surface area contributed by atoms with Crippen molar-refractivity contribution >= 4 is 0 Å². The summed E-state index contributed by atoms with van der Waals surface area (Å²) in [5.74, 6) is 1.77. The number of rotatable bonds is 5. The lowest BCUT2D eigenvalue weighted by Gasteiger charge is -2.42. The minimum atomic E-state index is 0.364. The summed E-state index contributed by atoms with van der Waals surface area (Å²) in [6.07, 6.45) is 5.53. The average Bonchev–Trinajstić information content (AvgIpc) is 2.36. The zero-order valence-corrected chi connectivity index (χ0v) is 14.3. The highest BCUT2D eigenvalue weighted by atomic mass is 15.1. The van der Waals surface area contributed by atoms with Gasteiger partial charge >= 0.3 is 0 Å². The largest absolute Gasteiger partial charge is 0.317 e. The molecular weight excluding hydrogens is 232 g/mol. The maximum atomic E-state index is 3.56. The standard InChI is InChI=1S/C17H36N2/c1-8-14-9-10-16(18-6)15(11-14)12-19(7)13(2)17(3,4)5/h13-16,18H,8-12H2,1-7H3. The van der Waals surface area contributed by atoms with Crippen molar-refractivity contribution in [3.05, 3.63) is 0 Å². The van der Waals surface area contributed by atoms with Gasteiger partial charge in [0.25, 0.3) is 0 Å². The van der Waals surface area contributed by atoms with Crippen molar-refractivity contribution in [3.8, 4) is 0 Å². The molecule has 1 saturated carbocycles. The van der Waals surface area contributed by atoms with Crippen LogP contribution in [0.1, 0.15) is 60.3 Å². The molecule has 0 spiro atoms. The fraction of sp³-hybridized carbons (Fsp3) is 1.00. The van der Waals surface area contributed by atoms with Gasteiger partial charge in [0.15, 0.2) is 0 Å². The zero-order chi connectivity index (χ0) is 14.6. The molecule has 114 valence electrons. The normalized spacial score (nSPS) is 30.6. The Morgan fingerprint density at radius 1 is 1.26 bits per heavy atom. The number of nitrogens with zero attached hydrogens (tertiary/aromatic N) is 1. The van der Waals surface area contributed by atoms with Crippen LogP contribution < -0.4 is 5.32 Å². The van der Waals surface area contributed by atoms with E-state index in [9.17, 15) is 0 Å². The highest BCUT2D eigenvalue weighted by Gasteiger charge is 2.32. The molecule has 0 bridgehead atoms. The molecule has 0 radical (unpaired) electrons. The summed E-state index contributed by atoms with van der Waals surface area (Å²) in [5.41, 5.74) is 0.364. The Hall–Kier alpha value is -0.0800. The van der Waals surface area contributed by atoms with Gasteiger partial charge in [-0.05, 0) is 57.5 Å². The summed E-state index contributed by atoms with van der Waals surface area (Å²) >= 11 is 0. The molecule has 0 aromatic rings. The van der Waals surface area contributed by atoms with Crippen LogP contribution in [-0.4, -0.2) is 37.6 Å². The van der Waals surface area contributed by atoms with E-state index in [0.717, 1.165) is 17.9 Å². The first kappa shape index (κ1) is 17.0. The van der Waals surface area contributed by atoms with E-state index in [-0.39, 0.29) is 0 Å². The minimum absolute atomic E-state index is 0.364. The molecule has 4 atom stereocenters. The fourth-order valence-corrected chi connectivity index (χ4v) is 3.50. The van der Waals surface area contributed by atoms with Gasteiger partial charge < -0.3 is 10.2 Å².